The number of fused-ring (bicyclic) bond motifs is 2. The van der Waals surface area contributed by atoms with E-state index < -0.39 is 0 Å². The third-order valence-electron chi connectivity index (χ3n) is 4.19. The van der Waals surface area contributed by atoms with Crippen molar-refractivity contribution in [1.82, 2.24) is 0 Å². The van der Waals surface area contributed by atoms with E-state index in [-0.39, 0.29) is 36.4 Å². The monoisotopic (exact) mass is 314 g/mol. The van der Waals surface area contributed by atoms with Gasteiger partial charge in [-0.2, -0.15) is 0 Å². The van der Waals surface area contributed by atoms with Crippen LogP contribution < -0.4 is 4.74 Å². The third kappa shape index (κ3) is 2.74. The Morgan fingerprint density at radius 2 is 2.13 bits per heavy atom. The van der Waals surface area contributed by atoms with E-state index in [1.165, 1.54) is 14.0 Å². The number of methoxy groups -OCH3 is 1. The number of carbonyl (C=O) groups is 2. The summed E-state index contributed by atoms with van der Waals surface area (Å²) in [5.41, 5.74) is 1.15. The molecule has 2 aromatic rings. The van der Waals surface area contributed by atoms with Crippen molar-refractivity contribution in [2.75, 3.05) is 13.7 Å². The van der Waals surface area contributed by atoms with Gasteiger partial charge >= 0.3 is 5.97 Å². The van der Waals surface area contributed by atoms with Gasteiger partial charge in [0.1, 0.15) is 11.5 Å². The second kappa shape index (κ2) is 5.91. The van der Waals surface area contributed by atoms with Crippen LogP contribution in [0.1, 0.15) is 29.3 Å². The lowest BCUT2D eigenvalue weighted by Gasteiger charge is -2.25. The Morgan fingerprint density at radius 3 is 2.83 bits per heavy atom. The zero-order chi connectivity index (χ0) is 16.6. The number of ketones is 1. The van der Waals surface area contributed by atoms with Crippen LogP contribution in [-0.2, 0) is 16.0 Å². The lowest BCUT2D eigenvalue weighted by atomic mass is 9.81. The zero-order valence-electron chi connectivity index (χ0n) is 13.1. The van der Waals surface area contributed by atoms with Gasteiger partial charge in [0.25, 0.3) is 0 Å². The molecule has 1 atom stereocenters. The van der Waals surface area contributed by atoms with Gasteiger partial charge in [0, 0.05) is 19.3 Å². The SMILES string of the molecule is COc1cccc2cc3c(c(O)c12)C(=O)CC(COC(C)=O)C3. The second-order valence-electron chi connectivity index (χ2n) is 5.82. The van der Waals surface area contributed by atoms with Gasteiger partial charge in [-0.3, -0.25) is 9.59 Å². The van der Waals surface area contributed by atoms with Crippen molar-refractivity contribution < 1.29 is 24.2 Å². The number of ether oxygens (including phenoxy) is 2. The maximum absolute atomic E-state index is 12.5. The number of rotatable bonds is 3. The van der Waals surface area contributed by atoms with Gasteiger partial charge in [-0.05, 0) is 23.4 Å². The fourth-order valence-electron chi connectivity index (χ4n) is 3.20. The predicted octanol–water partition coefficient (Wildman–Crippen LogP) is 2.86. The summed E-state index contributed by atoms with van der Waals surface area (Å²) in [5.74, 6) is -0.0204. The summed E-state index contributed by atoms with van der Waals surface area (Å²) in [6, 6.07) is 7.38. The largest absolute Gasteiger partial charge is 0.506 e. The molecule has 120 valence electrons. The standard InChI is InChI=1S/C18H18O5/c1-10(19)23-9-11-6-13-8-12-4-3-5-15(22-2)17(12)18(21)16(13)14(20)7-11/h3-5,8,11,21H,6-7,9H2,1-2H3. The van der Waals surface area contributed by atoms with Crippen LogP contribution in [0.15, 0.2) is 24.3 Å². The Labute approximate surface area is 133 Å². The van der Waals surface area contributed by atoms with E-state index in [9.17, 15) is 14.7 Å². The number of hydrogen-bond donors (Lipinski definition) is 1. The van der Waals surface area contributed by atoms with Crippen molar-refractivity contribution in [1.29, 1.82) is 0 Å². The van der Waals surface area contributed by atoms with Crippen molar-refractivity contribution >= 4 is 22.5 Å². The highest BCUT2D eigenvalue weighted by Crippen LogP contribution is 2.41. The molecule has 0 heterocycles. The number of phenolic OH excluding ortho intramolecular Hbond substituents is 1. The topological polar surface area (TPSA) is 72.8 Å². The molecule has 3 rings (SSSR count). The lowest BCUT2D eigenvalue weighted by molar-refractivity contribution is -0.142. The van der Waals surface area contributed by atoms with Crippen molar-refractivity contribution in [3.05, 3.63) is 35.4 Å². The highest BCUT2D eigenvalue weighted by molar-refractivity contribution is 6.08. The normalized spacial score (nSPS) is 17.0. The van der Waals surface area contributed by atoms with E-state index in [4.69, 9.17) is 9.47 Å². The van der Waals surface area contributed by atoms with Crippen LogP contribution >= 0.6 is 0 Å². The third-order valence-corrected chi connectivity index (χ3v) is 4.19. The molecule has 1 unspecified atom stereocenters. The van der Waals surface area contributed by atoms with E-state index in [0.29, 0.717) is 23.1 Å². The number of carbonyl (C=O) groups excluding carboxylic acids is 2. The Bertz CT molecular complexity index is 794. The first-order chi connectivity index (χ1) is 11.0. The minimum Gasteiger partial charge on any atom is -0.506 e. The van der Waals surface area contributed by atoms with Crippen molar-refractivity contribution in [3.63, 3.8) is 0 Å². The fraction of sp³-hybridized carbons (Fsp3) is 0.333. The zero-order valence-corrected chi connectivity index (χ0v) is 13.1. The summed E-state index contributed by atoms with van der Waals surface area (Å²) < 4.78 is 10.3. The average Bonchev–Trinajstić information content (AvgIpc) is 2.51. The number of benzene rings is 2. The molecule has 0 aliphatic heterocycles. The molecule has 0 saturated carbocycles. The summed E-state index contributed by atoms with van der Waals surface area (Å²) in [6.07, 6.45) is 0.851. The number of Topliss-reactive ketones (excluding diaryl/α,β-unsaturated/α-hetero) is 1. The van der Waals surface area contributed by atoms with Crippen LogP contribution in [0.25, 0.3) is 10.8 Å². The summed E-state index contributed by atoms with van der Waals surface area (Å²) in [4.78, 5) is 23.4. The van der Waals surface area contributed by atoms with Crippen molar-refractivity contribution in [3.8, 4) is 11.5 Å². The Morgan fingerprint density at radius 1 is 1.35 bits per heavy atom. The van der Waals surface area contributed by atoms with Crippen LogP contribution in [0.4, 0.5) is 0 Å². The first-order valence-electron chi connectivity index (χ1n) is 7.49. The maximum atomic E-state index is 12.5. The highest BCUT2D eigenvalue weighted by atomic mass is 16.5. The first-order valence-corrected chi connectivity index (χ1v) is 7.49. The minimum atomic E-state index is -0.352. The summed E-state index contributed by atoms with van der Waals surface area (Å²) in [6.45, 7) is 1.57. The molecule has 5 nitrogen and oxygen atoms in total. The first kappa shape index (κ1) is 15.3. The van der Waals surface area contributed by atoms with Crippen LogP contribution in [0, 0.1) is 5.92 Å². The Hall–Kier alpha value is -2.56. The molecule has 0 saturated heterocycles. The van der Waals surface area contributed by atoms with Gasteiger partial charge in [0.15, 0.2) is 5.78 Å². The average molecular weight is 314 g/mol. The predicted molar refractivity (Wildman–Crippen MR) is 84.9 cm³/mol. The number of hydrogen-bond acceptors (Lipinski definition) is 5. The van der Waals surface area contributed by atoms with E-state index in [2.05, 4.69) is 0 Å². The Kier molecular flexibility index (Phi) is 3.94. The van der Waals surface area contributed by atoms with Gasteiger partial charge < -0.3 is 14.6 Å². The quantitative estimate of drug-likeness (QED) is 0.882. The van der Waals surface area contributed by atoms with E-state index in [1.807, 2.05) is 18.2 Å². The Balaban J connectivity index is 2.06. The maximum Gasteiger partial charge on any atom is 0.302 e. The molecule has 0 bridgehead atoms. The van der Waals surface area contributed by atoms with E-state index in [1.54, 1.807) is 6.07 Å². The van der Waals surface area contributed by atoms with Crippen LogP contribution in [-0.4, -0.2) is 30.6 Å². The molecule has 1 N–H and O–H groups in total. The van der Waals surface area contributed by atoms with E-state index in [0.717, 1.165) is 10.9 Å². The van der Waals surface area contributed by atoms with Gasteiger partial charge in [-0.1, -0.05) is 18.2 Å². The fourth-order valence-corrected chi connectivity index (χ4v) is 3.20. The molecular formula is C18H18O5. The van der Waals surface area contributed by atoms with Gasteiger partial charge in [0.2, 0.25) is 0 Å². The van der Waals surface area contributed by atoms with Crippen LogP contribution in [0.3, 0.4) is 0 Å². The molecule has 1 aliphatic rings. The summed E-state index contributed by atoms with van der Waals surface area (Å²) in [7, 11) is 1.53. The van der Waals surface area contributed by atoms with Crippen LogP contribution in [0.2, 0.25) is 0 Å². The number of esters is 1. The van der Waals surface area contributed by atoms with Crippen molar-refractivity contribution in [2.45, 2.75) is 19.8 Å². The van der Waals surface area contributed by atoms with Gasteiger partial charge in [-0.15, -0.1) is 0 Å². The van der Waals surface area contributed by atoms with Crippen LogP contribution in [0.5, 0.6) is 11.5 Å². The molecule has 0 fully saturated rings. The molecule has 1 aliphatic carbocycles. The minimum absolute atomic E-state index is 0.0223. The summed E-state index contributed by atoms with van der Waals surface area (Å²) >= 11 is 0. The molecule has 0 amide bonds. The number of aromatic hydroxyl groups is 1. The summed E-state index contributed by atoms with van der Waals surface area (Å²) in [5, 5.41) is 12.0. The number of phenols is 1. The highest BCUT2D eigenvalue weighted by Gasteiger charge is 2.30. The molecule has 2 aromatic carbocycles. The van der Waals surface area contributed by atoms with Crippen molar-refractivity contribution in [2.24, 2.45) is 5.92 Å². The second-order valence-corrected chi connectivity index (χ2v) is 5.82. The van der Waals surface area contributed by atoms with E-state index >= 15 is 0 Å². The van der Waals surface area contributed by atoms with Gasteiger partial charge in [0.05, 0.1) is 24.7 Å². The molecular weight excluding hydrogens is 296 g/mol. The molecule has 0 aromatic heterocycles. The molecule has 0 radical (unpaired) electrons. The molecule has 23 heavy (non-hydrogen) atoms. The lowest BCUT2D eigenvalue weighted by Crippen LogP contribution is -2.24. The molecule has 0 spiro atoms. The molecule has 5 heteroatoms. The smallest absolute Gasteiger partial charge is 0.302 e. The van der Waals surface area contributed by atoms with Gasteiger partial charge in [-0.25, -0.2) is 0 Å².